The highest BCUT2D eigenvalue weighted by Crippen LogP contribution is 2.32. The van der Waals surface area contributed by atoms with Crippen molar-refractivity contribution in [1.82, 2.24) is 4.72 Å². The summed E-state index contributed by atoms with van der Waals surface area (Å²) in [6, 6.07) is -0.283. The van der Waals surface area contributed by atoms with Crippen molar-refractivity contribution in [3.05, 3.63) is 0 Å². The normalized spacial score (nSPS) is 24.2. The Hall–Kier alpha value is -0.660. The average Bonchev–Trinajstić information content (AvgIpc) is 2.92. The van der Waals surface area contributed by atoms with Gasteiger partial charge in [-0.2, -0.15) is 0 Å². The first kappa shape index (κ1) is 18.4. The quantitative estimate of drug-likeness (QED) is 0.682. The smallest absolute Gasteiger partial charge is 0.310 e. The number of carbonyl (C=O) groups excluding carboxylic acids is 1. The van der Waals surface area contributed by atoms with Crippen molar-refractivity contribution < 1.29 is 22.7 Å². The summed E-state index contributed by atoms with van der Waals surface area (Å²) in [5.74, 6) is -0.884. The monoisotopic (exact) mass is 321 g/mol. The third-order valence-electron chi connectivity index (χ3n) is 3.98. The van der Waals surface area contributed by atoms with E-state index in [2.05, 4.69) is 4.72 Å². The second-order valence-corrected chi connectivity index (χ2v) is 7.70. The van der Waals surface area contributed by atoms with Gasteiger partial charge in [0, 0.05) is 12.6 Å². The van der Waals surface area contributed by atoms with Crippen LogP contribution in [0, 0.1) is 11.8 Å². The molecule has 1 rings (SSSR count). The molecule has 0 radical (unpaired) electrons. The molecule has 0 aliphatic heterocycles. The van der Waals surface area contributed by atoms with Crippen LogP contribution >= 0.6 is 0 Å². The predicted molar refractivity (Wildman–Crippen MR) is 80.3 cm³/mol. The number of hydrogen-bond donors (Lipinski definition) is 1. The zero-order chi connectivity index (χ0) is 16.0. The van der Waals surface area contributed by atoms with Crippen LogP contribution in [0.3, 0.4) is 0 Å². The Morgan fingerprint density at radius 3 is 2.52 bits per heavy atom. The van der Waals surface area contributed by atoms with E-state index < -0.39 is 27.2 Å². The third-order valence-corrected chi connectivity index (χ3v) is 5.97. The molecule has 1 saturated carbocycles. The summed E-state index contributed by atoms with van der Waals surface area (Å²) >= 11 is 0. The van der Waals surface area contributed by atoms with Gasteiger partial charge in [-0.3, -0.25) is 4.79 Å². The van der Waals surface area contributed by atoms with E-state index >= 15 is 0 Å². The topological polar surface area (TPSA) is 81.7 Å². The highest BCUT2D eigenvalue weighted by molar-refractivity contribution is 7.90. The first-order valence-corrected chi connectivity index (χ1v) is 9.04. The summed E-state index contributed by atoms with van der Waals surface area (Å²) < 4.78 is 37.9. The Balaban J connectivity index is 2.81. The lowest BCUT2D eigenvalue weighted by Gasteiger charge is -2.25. The molecule has 21 heavy (non-hydrogen) atoms. The van der Waals surface area contributed by atoms with Crippen LogP contribution in [0.1, 0.15) is 40.0 Å². The molecule has 1 aliphatic carbocycles. The number of methoxy groups -OCH3 is 1. The van der Waals surface area contributed by atoms with Crippen LogP contribution in [0.5, 0.6) is 0 Å². The van der Waals surface area contributed by atoms with Crippen LogP contribution in [0.15, 0.2) is 0 Å². The minimum absolute atomic E-state index is 0.115. The van der Waals surface area contributed by atoms with E-state index in [4.69, 9.17) is 9.47 Å². The molecule has 0 heterocycles. The van der Waals surface area contributed by atoms with Gasteiger partial charge in [-0.15, -0.1) is 0 Å². The molecule has 3 unspecified atom stereocenters. The van der Waals surface area contributed by atoms with E-state index in [9.17, 15) is 13.2 Å². The van der Waals surface area contributed by atoms with E-state index in [0.29, 0.717) is 26.1 Å². The summed E-state index contributed by atoms with van der Waals surface area (Å²) in [5, 5.41) is -0.701. The number of esters is 1. The fraction of sp³-hybridized carbons (Fsp3) is 0.929. The van der Waals surface area contributed by atoms with E-state index in [1.54, 1.807) is 0 Å². The van der Waals surface area contributed by atoms with Gasteiger partial charge in [0.1, 0.15) is 0 Å². The van der Waals surface area contributed by atoms with Crippen LogP contribution in [-0.2, 0) is 24.3 Å². The van der Waals surface area contributed by atoms with Gasteiger partial charge >= 0.3 is 5.97 Å². The second-order valence-electron chi connectivity index (χ2n) is 5.77. The van der Waals surface area contributed by atoms with Crippen LogP contribution in [0.25, 0.3) is 0 Å². The first-order valence-electron chi connectivity index (χ1n) is 7.50. The Morgan fingerprint density at radius 1 is 1.33 bits per heavy atom. The van der Waals surface area contributed by atoms with Crippen molar-refractivity contribution in [3.8, 4) is 0 Å². The van der Waals surface area contributed by atoms with Crippen molar-refractivity contribution in [2.45, 2.75) is 51.3 Å². The molecular formula is C14H27NO5S. The molecule has 0 saturated heterocycles. The first-order chi connectivity index (χ1) is 9.83. The maximum absolute atomic E-state index is 12.6. The molecule has 1 N–H and O–H groups in total. The minimum atomic E-state index is -3.57. The molecule has 0 amide bonds. The van der Waals surface area contributed by atoms with Crippen LogP contribution in [0.2, 0.25) is 0 Å². The van der Waals surface area contributed by atoms with Gasteiger partial charge in [0.2, 0.25) is 10.0 Å². The zero-order valence-electron chi connectivity index (χ0n) is 13.3. The summed E-state index contributed by atoms with van der Waals surface area (Å²) in [7, 11) is -2.27. The van der Waals surface area contributed by atoms with E-state index in [-0.39, 0.29) is 12.0 Å². The molecule has 1 fully saturated rings. The molecular weight excluding hydrogens is 294 g/mol. The molecule has 1 aliphatic rings. The standard InChI is InChI=1S/C14H27NO5S/c1-5-20-9-12(10(2)3)15-21(17,18)13-8-6-7-11(13)14(16)19-4/h10-13,15H,5-9H2,1-4H3. The van der Waals surface area contributed by atoms with Gasteiger partial charge in [-0.1, -0.05) is 20.3 Å². The van der Waals surface area contributed by atoms with Crippen molar-refractivity contribution in [2.24, 2.45) is 11.8 Å². The van der Waals surface area contributed by atoms with Gasteiger partial charge in [0.15, 0.2) is 0 Å². The molecule has 124 valence electrons. The number of rotatable bonds is 8. The minimum Gasteiger partial charge on any atom is -0.469 e. The van der Waals surface area contributed by atoms with Crippen molar-refractivity contribution in [3.63, 3.8) is 0 Å². The van der Waals surface area contributed by atoms with Crippen molar-refractivity contribution in [1.29, 1.82) is 0 Å². The lowest BCUT2D eigenvalue weighted by Crippen LogP contribution is -2.47. The number of hydrogen-bond acceptors (Lipinski definition) is 5. The van der Waals surface area contributed by atoms with Gasteiger partial charge in [0.25, 0.3) is 0 Å². The molecule has 3 atom stereocenters. The van der Waals surface area contributed by atoms with Crippen molar-refractivity contribution in [2.75, 3.05) is 20.3 Å². The highest BCUT2D eigenvalue weighted by Gasteiger charge is 2.43. The SMILES string of the molecule is CCOCC(NS(=O)(=O)C1CCCC1C(=O)OC)C(C)C. The van der Waals surface area contributed by atoms with E-state index in [0.717, 1.165) is 6.42 Å². The lowest BCUT2D eigenvalue weighted by atomic mass is 10.1. The van der Waals surface area contributed by atoms with E-state index in [1.165, 1.54) is 7.11 Å². The number of carbonyl (C=O) groups is 1. The predicted octanol–water partition coefficient (Wildman–Crippen LogP) is 1.31. The molecule has 0 aromatic heterocycles. The molecule has 6 nitrogen and oxygen atoms in total. The summed E-state index contributed by atoms with van der Waals surface area (Å²) in [5.41, 5.74) is 0. The Bertz CT molecular complexity index is 435. The Morgan fingerprint density at radius 2 is 2.00 bits per heavy atom. The summed E-state index contributed by atoms with van der Waals surface area (Å²) in [6.45, 7) is 6.63. The molecule has 7 heteroatoms. The summed E-state index contributed by atoms with van der Waals surface area (Å²) in [4.78, 5) is 11.7. The Labute approximate surface area is 127 Å². The zero-order valence-corrected chi connectivity index (χ0v) is 14.1. The largest absolute Gasteiger partial charge is 0.469 e. The Kier molecular flexibility index (Phi) is 7.09. The molecule has 0 aromatic rings. The van der Waals surface area contributed by atoms with Gasteiger partial charge in [-0.05, 0) is 25.7 Å². The van der Waals surface area contributed by atoms with Gasteiger partial charge in [0.05, 0.1) is 24.9 Å². The van der Waals surface area contributed by atoms with E-state index in [1.807, 2.05) is 20.8 Å². The maximum atomic E-state index is 12.6. The van der Waals surface area contributed by atoms with Crippen LogP contribution in [0.4, 0.5) is 0 Å². The van der Waals surface area contributed by atoms with Gasteiger partial charge in [-0.25, -0.2) is 13.1 Å². The maximum Gasteiger partial charge on any atom is 0.310 e. The fourth-order valence-electron chi connectivity index (χ4n) is 2.62. The number of nitrogens with one attached hydrogen (secondary N) is 1. The lowest BCUT2D eigenvalue weighted by molar-refractivity contribution is -0.145. The molecule has 0 spiro atoms. The third kappa shape index (κ3) is 4.93. The molecule has 0 aromatic carbocycles. The average molecular weight is 321 g/mol. The number of ether oxygens (including phenoxy) is 2. The fourth-order valence-corrected chi connectivity index (χ4v) is 4.72. The second kappa shape index (κ2) is 8.10. The van der Waals surface area contributed by atoms with Crippen LogP contribution in [-0.4, -0.2) is 46.0 Å². The highest BCUT2D eigenvalue weighted by atomic mass is 32.2. The van der Waals surface area contributed by atoms with Crippen molar-refractivity contribution >= 4 is 16.0 Å². The van der Waals surface area contributed by atoms with Crippen LogP contribution < -0.4 is 4.72 Å². The van der Waals surface area contributed by atoms with Gasteiger partial charge < -0.3 is 9.47 Å². The summed E-state index contributed by atoms with van der Waals surface area (Å²) in [6.07, 6.45) is 1.79. The molecule has 0 bridgehead atoms. The number of sulfonamides is 1.